The van der Waals surface area contributed by atoms with Crippen LogP contribution in [0, 0.1) is 0 Å². The Morgan fingerprint density at radius 2 is 1.71 bits per heavy atom. The number of amides is 2. The Balaban J connectivity index is 1.53. The average Bonchev–Trinajstić information content (AvgIpc) is 3.47. The fourth-order valence-electron chi connectivity index (χ4n) is 4.95. The van der Waals surface area contributed by atoms with Gasteiger partial charge >= 0.3 is 0 Å². The SMILES string of the molecule is COc1ccc(CCN(Cc2cccs2)C(=O)CN(C(=O)c2ccc(Cl)cc2)C2CCCCC2)cc1OC. The van der Waals surface area contributed by atoms with E-state index < -0.39 is 0 Å². The zero-order chi connectivity index (χ0) is 26.9. The highest BCUT2D eigenvalue weighted by molar-refractivity contribution is 7.09. The van der Waals surface area contributed by atoms with Crippen LogP contribution in [-0.4, -0.2) is 55.0 Å². The van der Waals surface area contributed by atoms with E-state index in [1.54, 1.807) is 54.7 Å². The van der Waals surface area contributed by atoms with Gasteiger partial charge in [0, 0.05) is 28.0 Å². The zero-order valence-corrected chi connectivity index (χ0v) is 23.6. The van der Waals surface area contributed by atoms with Crippen molar-refractivity contribution in [1.82, 2.24) is 9.80 Å². The van der Waals surface area contributed by atoms with Gasteiger partial charge < -0.3 is 19.3 Å². The van der Waals surface area contributed by atoms with Gasteiger partial charge in [0.15, 0.2) is 11.5 Å². The van der Waals surface area contributed by atoms with E-state index in [9.17, 15) is 9.59 Å². The lowest BCUT2D eigenvalue weighted by atomic mass is 9.93. The molecule has 0 atom stereocenters. The van der Waals surface area contributed by atoms with Gasteiger partial charge in [-0.3, -0.25) is 9.59 Å². The van der Waals surface area contributed by atoms with Crippen LogP contribution in [-0.2, 0) is 17.8 Å². The zero-order valence-electron chi connectivity index (χ0n) is 22.0. The second-order valence-electron chi connectivity index (χ2n) is 9.57. The van der Waals surface area contributed by atoms with Gasteiger partial charge in [0.05, 0.1) is 20.8 Å². The van der Waals surface area contributed by atoms with Crippen LogP contribution in [0.3, 0.4) is 0 Å². The number of carbonyl (C=O) groups excluding carboxylic acids is 2. The van der Waals surface area contributed by atoms with E-state index in [1.165, 1.54) is 6.42 Å². The molecular weight excluding hydrogens is 520 g/mol. The van der Waals surface area contributed by atoms with Crippen molar-refractivity contribution in [3.8, 4) is 11.5 Å². The summed E-state index contributed by atoms with van der Waals surface area (Å²) in [5.74, 6) is 1.18. The molecule has 0 saturated heterocycles. The van der Waals surface area contributed by atoms with Gasteiger partial charge in [-0.05, 0) is 72.7 Å². The summed E-state index contributed by atoms with van der Waals surface area (Å²) >= 11 is 7.69. The molecule has 6 nitrogen and oxygen atoms in total. The lowest BCUT2D eigenvalue weighted by molar-refractivity contribution is -0.133. The van der Waals surface area contributed by atoms with E-state index in [4.69, 9.17) is 21.1 Å². The smallest absolute Gasteiger partial charge is 0.254 e. The summed E-state index contributed by atoms with van der Waals surface area (Å²) in [4.78, 5) is 32.2. The van der Waals surface area contributed by atoms with E-state index in [2.05, 4.69) is 0 Å². The maximum Gasteiger partial charge on any atom is 0.254 e. The standard InChI is InChI=1S/C30H35ClN2O4S/c1-36-27-15-10-22(19-28(27)37-2)16-17-32(20-26-9-6-18-38-26)29(34)21-33(25-7-4-3-5-8-25)30(35)23-11-13-24(31)14-12-23/h6,9-15,18-19,25H,3-5,7-8,16-17,20-21H2,1-2H3. The second kappa shape index (κ2) is 13.7. The van der Waals surface area contributed by atoms with Crippen LogP contribution < -0.4 is 9.47 Å². The lowest BCUT2D eigenvalue weighted by Gasteiger charge is -2.35. The number of hydrogen-bond donors (Lipinski definition) is 0. The number of carbonyl (C=O) groups is 2. The average molecular weight is 555 g/mol. The van der Waals surface area contributed by atoms with Gasteiger partial charge in [-0.1, -0.05) is 43.0 Å². The summed E-state index contributed by atoms with van der Waals surface area (Å²) in [6.45, 7) is 1.10. The van der Waals surface area contributed by atoms with Crippen molar-refractivity contribution in [2.45, 2.75) is 51.1 Å². The summed E-state index contributed by atoms with van der Waals surface area (Å²) in [7, 11) is 3.23. The van der Waals surface area contributed by atoms with Gasteiger partial charge in [0.2, 0.25) is 5.91 Å². The molecule has 1 aliphatic carbocycles. The van der Waals surface area contributed by atoms with E-state index in [1.807, 2.05) is 40.6 Å². The predicted octanol–water partition coefficient (Wildman–Crippen LogP) is 6.47. The van der Waals surface area contributed by atoms with Crippen LogP contribution in [0.1, 0.15) is 52.9 Å². The molecule has 1 aromatic heterocycles. The molecule has 202 valence electrons. The first-order valence-electron chi connectivity index (χ1n) is 13.1. The number of methoxy groups -OCH3 is 2. The Kier molecular flexibility index (Phi) is 10.1. The number of thiophene rings is 1. The first-order chi connectivity index (χ1) is 18.5. The Bertz CT molecular complexity index is 1190. The lowest BCUT2D eigenvalue weighted by Crippen LogP contribution is -2.48. The third-order valence-corrected chi connectivity index (χ3v) is 8.18. The van der Waals surface area contributed by atoms with Crippen LogP contribution in [0.5, 0.6) is 11.5 Å². The summed E-state index contributed by atoms with van der Waals surface area (Å²) in [6, 6.07) is 16.9. The molecule has 0 N–H and O–H groups in total. The molecule has 0 radical (unpaired) electrons. The van der Waals surface area contributed by atoms with E-state index in [0.29, 0.717) is 41.6 Å². The summed E-state index contributed by atoms with van der Waals surface area (Å²) in [5.41, 5.74) is 1.61. The predicted molar refractivity (Wildman–Crippen MR) is 152 cm³/mol. The molecule has 0 aliphatic heterocycles. The Morgan fingerprint density at radius 3 is 2.37 bits per heavy atom. The number of benzene rings is 2. The minimum Gasteiger partial charge on any atom is -0.493 e. The van der Waals surface area contributed by atoms with Crippen molar-refractivity contribution in [1.29, 1.82) is 0 Å². The molecule has 0 spiro atoms. The quantitative estimate of drug-likeness (QED) is 0.273. The monoisotopic (exact) mass is 554 g/mol. The first kappa shape index (κ1) is 28.0. The molecule has 1 saturated carbocycles. The number of nitrogens with zero attached hydrogens (tertiary/aromatic N) is 2. The van der Waals surface area contributed by atoms with Gasteiger partial charge in [-0.15, -0.1) is 11.3 Å². The normalized spacial score (nSPS) is 13.7. The van der Waals surface area contributed by atoms with E-state index >= 15 is 0 Å². The molecule has 1 heterocycles. The first-order valence-corrected chi connectivity index (χ1v) is 14.3. The third-order valence-electron chi connectivity index (χ3n) is 7.07. The van der Waals surface area contributed by atoms with E-state index in [-0.39, 0.29) is 24.4 Å². The second-order valence-corrected chi connectivity index (χ2v) is 11.0. The molecule has 4 rings (SSSR count). The molecular formula is C30H35ClN2O4S. The van der Waals surface area contributed by atoms with Crippen molar-refractivity contribution in [2.24, 2.45) is 0 Å². The molecule has 0 unspecified atom stereocenters. The Morgan fingerprint density at radius 1 is 0.974 bits per heavy atom. The van der Waals surface area contributed by atoms with Gasteiger partial charge in [-0.25, -0.2) is 0 Å². The van der Waals surface area contributed by atoms with Crippen molar-refractivity contribution in [3.05, 3.63) is 81.0 Å². The fourth-order valence-corrected chi connectivity index (χ4v) is 5.79. The topological polar surface area (TPSA) is 59.1 Å². The van der Waals surface area contributed by atoms with Gasteiger partial charge in [-0.2, -0.15) is 0 Å². The highest BCUT2D eigenvalue weighted by Crippen LogP contribution is 2.28. The minimum atomic E-state index is -0.113. The van der Waals surface area contributed by atoms with Crippen molar-refractivity contribution < 1.29 is 19.1 Å². The molecule has 3 aromatic rings. The maximum atomic E-state index is 13.8. The Labute approximate surface area is 234 Å². The van der Waals surface area contributed by atoms with Crippen molar-refractivity contribution in [2.75, 3.05) is 27.3 Å². The highest BCUT2D eigenvalue weighted by atomic mass is 35.5. The number of ether oxygens (including phenoxy) is 2. The molecule has 8 heteroatoms. The van der Waals surface area contributed by atoms with Crippen LogP contribution in [0.4, 0.5) is 0 Å². The number of halogens is 1. The maximum absolute atomic E-state index is 13.8. The molecule has 2 aromatic carbocycles. The minimum absolute atomic E-state index is 0.0493. The van der Waals surface area contributed by atoms with Crippen LogP contribution in [0.2, 0.25) is 5.02 Å². The van der Waals surface area contributed by atoms with Crippen molar-refractivity contribution >= 4 is 34.8 Å². The van der Waals surface area contributed by atoms with Crippen LogP contribution in [0.25, 0.3) is 0 Å². The van der Waals surface area contributed by atoms with Crippen molar-refractivity contribution in [3.63, 3.8) is 0 Å². The summed E-state index contributed by atoms with van der Waals surface area (Å²) < 4.78 is 10.8. The molecule has 38 heavy (non-hydrogen) atoms. The molecule has 1 fully saturated rings. The fraction of sp³-hybridized carbons (Fsp3) is 0.400. The largest absolute Gasteiger partial charge is 0.493 e. The number of hydrogen-bond acceptors (Lipinski definition) is 5. The molecule has 2 amide bonds. The molecule has 1 aliphatic rings. The van der Waals surface area contributed by atoms with Crippen LogP contribution in [0.15, 0.2) is 60.0 Å². The highest BCUT2D eigenvalue weighted by Gasteiger charge is 2.30. The third kappa shape index (κ3) is 7.29. The van der Waals surface area contributed by atoms with E-state index in [0.717, 1.165) is 36.1 Å². The summed E-state index contributed by atoms with van der Waals surface area (Å²) in [6.07, 6.45) is 5.81. The van der Waals surface area contributed by atoms with Gasteiger partial charge in [0.1, 0.15) is 6.54 Å². The molecule has 0 bridgehead atoms. The van der Waals surface area contributed by atoms with Crippen LogP contribution >= 0.6 is 22.9 Å². The Hall–Kier alpha value is -3.03. The number of rotatable bonds is 11. The summed E-state index contributed by atoms with van der Waals surface area (Å²) in [5, 5.41) is 2.60. The van der Waals surface area contributed by atoms with Gasteiger partial charge in [0.25, 0.3) is 5.91 Å².